The zero-order chi connectivity index (χ0) is 10.4. The monoisotopic (exact) mass is 190 g/mol. The van der Waals surface area contributed by atoms with E-state index in [0.29, 0.717) is 0 Å². The van der Waals surface area contributed by atoms with Crippen molar-refractivity contribution >= 4 is 5.78 Å². The van der Waals surface area contributed by atoms with E-state index < -0.39 is 12.2 Å². The number of carbonyl (C=O) groups is 1. The second-order valence-electron chi connectivity index (χ2n) is 3.15. The second-order valence-corrected chi connectivity index (χ2v) is 3.15. The summed E-state index contributed by atoms with van der Waals surface area (Å²) >= 11 is 0. The molecule has 0 rings (SSSR count). The molecule has 13 heavy (non-hydrogen) atoms. The smallest absolute Gasteiger partial charge is 0.161 e. The molecule has 0 aliphatic carbocycles. The Labute approximate surface area is 78.8 Å². The van der Waals surface area contributed by atoms with E-state index in [-0.39, 0.29) is 18.5 Å². The van der Waals surface area contributed by atoms with Crippen LogP contribution in [0.25, 0.3) is 0 Å². The zero-order valence-electron chi connectivity index (χ0n) is 8.61. The number of methoxy groups -OCH3 is 1. The van der Waals surface area contributed by atoms with Crippen LogP contribution in [0.1, 0.15) is 20.8 Å². The fraction of sp³-hybridized carbons (Fsp3) is 0.889. The molecule has 0 aliphatic rings. The highest BCUT2D eigenvalue weighted by atomic mass is 16.5. The fourth-order valence-corrected chi connectivity index (χ4v) is 1.07. The summed E-state index contributed by atoms with van der Waals surface area (Å²) < 4.78 is 10.2. The van der Waals surface area contributed by atoms with Gasteiger partial charge >= 0.3 is 0 Å². The van der Waals surface area contributed by atoms with Crippen molar-refractivity contribution in [1.82, 2.24) is 0 Å². The third kappa shape index (κ3) is 4.98. The van der Waals surface area contributed by atoms with Crippen LogP contribution in [0.5, 0.6) is 0 Å². The first-order valence-electron chi connectivity index (χ1n) is 4.32. The van der Waals surface area contributed by atoms with E-state index in [1.807, 2.05) is 0 Å². The minimum atomic E-state index is -0.543. The Morgan fingerprint density at radius 2 is 2.00 bits per heavy atom. The lowest BCUT2D eigenvalue weighted by molar-refractivity contribution is -0.137. The van der Waals surface area contributed by atoms with E-state index in [4.69, 9.17) is 14.6 Å². The summed E-state index contributed by atoms with van der Waals surface area (Å²) in [5.74, 6) is -0.0689. The first kappa shape index (κ1) is 12.6. The van der Waals surface area contributed by atoms with Crippen molar-refractivity contribution in [3.8, 4) is 0 Å². The number of Topliss-reactive ketones (excluding diaryl/α,β-unsaturated/α-hetero) is 1. The zero-order valence-corrected chi connectivity index (χ0v) is 8.61. The Morgan fingerprint density at radius 1 is 1.46 bits per heavy atom. The van der Waals surface area contributed by atoms with Gasteiger partial charge in [-0.15, -0.1) is 0 Å². The molecule has 1 N–H and O–H groups in total. The highest BCUT2D eigenvalue weighted by molar-refractivity contribution is 5.81. The average Bonchev–Trinajstić information content (AvgIpc) is 2.01. The summed E-state index contributed by atoms with van der Waals surface area (Å²) in [6, 6.07) is 0. The maximum absolute atomic E-state index is 11.0. The van der Waals surface area contributed by atoms with E-state index >= 15 is 0 Å². The van der Waals surface area contributed by atoms with E-state index in [1.165, 1.54) is 14.0 Å². The molecule has 0 aromatic carbocycles. The Morgan fingerprint density at radius 3 is 2.31 bits per heavy atom. The number of ether oxygens (including phenoxy) is 2. The number of rotatable bonds is 6. The molecule has 0 aromatic heterocycles. The van der Waals surface area contributed by atoms with Crippen LogP contribution in [0.15, 0.2) is 0 Å². The van der Waals surface area contributed by atoms with Gasteiger partial charge in [0.2, 0.25) is 0 Å². The second kappa shape index (κ2) is 6.07. The van der Waals surface area contributed by atoms with Crippen LogP contribution in [0.3, 0.4) is 0 Å². The lowest BCUT2D eigenvalue weighted by atomic mass is 10.1. The first-order chi connectivity index (χ1) is 5.99. The van der Waals surface area contributed by atoms with Crippen LogP contribution in [0, 0.1) is 0 Å². The van der Waals surface area contributed by atoms with Crippen molar-refractivity contribution in [2.75, 3.05) is 13.7 Å². The Balaban J connectivity index is 3.91. The SMILES string of the molecule is COC(C(C)=O)C(C)OCC(C)O. The van der Waals surface area contributed by atoms with Crippen molar-refractivity contribution < 1.29 is 19.4 Å². The Bertz CT molecular complexity index is 156. The number of hydrogen-bond donors (Lipinski definition) is 1. The van der Waals surface area contributed by atoms with Gasteiger partial charge in [0.15, 0.2) is 5.78 Å². The molecule has 3 atom stereocenters. The van der Waals surface area contributed by atoms with E-state index in [2.05, 4.69) is 0 Å². The van der Waals surface area contributed by atoms with Crippen molar-refractivity contribution in [1.29, 1.82) is 0 Å². The average molecular weight is 190 g/mol. The van der Waals surface area contributed by atoms with Crippen LogP contribution >= 0.6 is 0 Å². The molecule has 0 amide bonds. The largest absolute Gasteiger partial charge is 0.391 e. The Hall–Kier alpha value is -0.450. The summed E-state index contributed by atoms with van der Waals surface area (Å²) in [6.07, 6.45) is -1.39. The molecule has 0 aliphatic heterocycles. The van der Waals surface area contributed by atoms with E-state index in [1.54, 1.807) is 13.8 Å². The summed E-state index contributed by atoms with van der Waals surface area (Å²) in [7, 11) is 1.47. The molecule has 0 saturated carbocycles. The van der Waals surface area contributed by atoms with Gasteiger partial charge in [0.25, 0.3) is 0 Å². The van der Waals surface area contributed by atoms with Gasteiger partial charge in [-0.1, -0.05) is 0 Å². The van der Waals surface area contributed by atoms with Crippen LogP contribution in [-0.4, -0.2) is 42.9 Å². The normalized spacial score (nSPS) is 17.9. The molecular formula is C9H18O4. The van der Waals surface area contributed by atoms with Gasteiger partial charge in [-0.3, -0.25) is 4.79 Å². The molecule has 0 spiro atoms. The summed E-state index contributed by atoms with van der Waals surface area (Å²) in [4.78, 5) is 11.0. The van der Waals surface area contributed by atoms with Gasteiger partial charge in [0, 0.05) is 7.11 Å². The van der Waals surface area contributed by atoms with Crippen LogP contribution in [0.4, 0.5) is 0 Å². The lowest BCUT2D eigenvalue weighted by Gasteiger charge is -2.21. The predicted molar refractivity (Wildman–Crippen MR) is 48.6 cm³/mol. The van der Waals surface area contributed by atoms with Crippen molar-refractivity contribution in [3.63, 3.8) is 0 Å². The summed E-state index contributed by atoms with van der Waals surface area (Å²) in [5.41, 5.74) is 0. The number of aliphatic hydroxyl groups is 1. The summed E-state index contributed by atoms with van der Waals surface area (Å²) in [6.45, 7) is 5.05. The number of carbonyl (C=O) groups excluding carboxylic acids is 1. The van der Waals surface area contributed by atoms with Crippen molar-refractivity contribution in [2.24, 2.45) is 0 Å². The van der Waals surface area contributed by atoms with Crippen LogP contribution in [0.2, 0.25) is 0 Å². The lowest BCUT2D eigenvalue weighted by Crippen LogP contribution is -2.35. The highest BCUT2D eigenvalue weighted by Gasteiger charge is 2.22. The fourth-order valence-electron chi connectivity index (χ4n) is 1.07. The number of aliphatic hydroxyl groups excluding tert-OH is 1. The molecule has 0 radical (unpaired) electrons. The quantitative estimate of drug-likeness (QED) is 0.657. The maximum Gasteiger partial charge on any atom is 0.161 e. The number of ketones is 1. The van der Waals surface area contributed by atoms with Gasteiger partial charge in [-0.2, -0.15) is 0 Å². The van der Waals surface area contributed by atoms with Crippen molar-refractivity contribution in [2.45, 2.75) is 39.1 Å². The molecule has 4 nitrogen and oxygen atoms in total. The molecular weight excluding hydrogens is 172 g/mol. The van der Waals surface area contributed by atoms with Gasteiger partial charge in [-0.25, -0.2) is 0 Å². The third-order valence-corrected chi connectivity index (χ3v) is 1.68. The third-order valence-electron chi connectivity index (χ3n) is 1.68. The van der Waals surface area contributed by atoms with Gasteiger partial charge < -0.3 is 14.6 Å². The van der Waals surface area contributed by atoms with Gasteiger partial charge in [0.1, 0.15) is 6.10 Å². The van der Waals surface area contributed by atoms with Crippen LogP contribution < -0.4 is 0 Å². The van der Waals surface area contributed by atoms with E-state index in [9.17, 15) is 4.79 Å². The minimum absolute atomic E-state index is 0.0689. The molecule has 0 saturated heterocycles. The predicted octanol–water partition coefficient (Wildman–Crippen LogP) is 0.376. The molecule has 0 fully saturated rings. The number of hydrogen-bond acceptors (Lipinski definition) is 4. The highest BCUT2D eigenvalue weighted by Crippen LogP contribution is 2.04. The Kier molecular flexibility index (Phi) is 5.86. The molecule has 0 heterocycles. The van der Waals surface area contributed by atoms with E-state index in [0.717, 1.165) is 0 Å². The summed E-state index contributed by atoms with van der Waals surface area (Å²) in [5, 5.41) is 8.94. The van der Waals surface area contributed by atoms with Gasteiger partial charge in [0.05, 0.1) is 18.8 Å². The van der Waals surface area contributed by atoms with Gasteiger partial charge in [-0.05, 0) is 20.8 Å². The minimum Gasteiger partial charge on any atom is -0.391 e. The topological polar surface area (TPSA) is 55.8 Å². The molecule has 4 heteroatoms. The molecule has 0 bridgehead atoms. The first-order valence-corrected chi connectivity index (χ1v) is 4.32. The maximum atomic E-state index is 11.0. The molecule has 3 unspecified atom stereocenters. The standard InChI is InChI=1S/C9H18O4/c1-6(10)5-13-8(3)9(12-4)7(2)11/h6,8-10H,5H2,1-4H3. The molecule has 78 valence electrons. The van der Waals surface area contributed by atoms with Crippen LogP contribution in [-0.2, 0) is 14.3 Å². The molecule has 0 aromatic rings. The van der Waals surface area contributed by atoms with Crippen molar-refractivity contribution in [3.05, 3.63) is 0 Å².